The number of rotatable bonds is 10. The highest BCUT2D eigenvalue weighted by Crippen LogP contribution is 2.32. The predicted molar refractivity (Wildman–Crippen MR) is 133 cm³/mol. The number of aromatic amines is 1. The average Bonchev–Trinajstić information content (AvgIpc) is 3.47. The zero-order valence-corrected chi connectivity index (χ0v) is 19.2. The maximum absolute atomic E-state index is 8.57. The van der Waals surface area contributed by atoms with E-state index in [0.29, 0.717) is 19.6 Å². The van der Waals surface area contributed by atoms with Gasteiger partial charge >= 0.3 is 0 Å². The Kier molecular flexibility index (Phi) is 6.60. The molecular formula is C28H28N2O4. The van der Waals surface area contributed by atoms with Gasteiger partial charge in [-0.2, -0.15) is 0 Å². The molecule has 0 unspecified atom stereocenters. The third kappa shape index (κ3) is 4.69. The third-order valence-electron chi connectivity index (χ3n) is 6.08. The van der Waals surface area contributed by atoms with Crippen molar-refractivity contribution in [1.82, 2.24) is 10.1 Å². The summed E-state index contributed by atoms with van der Waals surface area (Å²) in [6.07, 6.45) is 3.43. The van der Waals surface area contributed by atoms with E-state index in [4.69, 9.17) is 14.5 Å². The van der Waals surface area contributed by atoms with E-state index in [1.807, 2.05) is 30.3 Å². The SMILES string of the molecule is CCCc1cc(-c2noc3ccccc23)ccc1OCCc1cc2cc(CCOO)ccc2[nH]1. The van der Waals surface area contributed by atoms with Gasteiger partial charge in [-0.25, -0.2) is 4.89 Å². The number of nitrogens with one attached hydrogen (secondary N) is 1. The molecule has 0 saturated carbocycles. The Labute approximate surface area is 198 Å². The zero-order chi connectivity index (χ0) is 23.3. The number of nitrogens with zero attached hydrogens (tertiary/aromatic N) is 1. The van der Waals surface area contributed by atoms with Crippen LogP contribution in [0.25, 0.3) is 33.1 Å². The summed E-state index contributed by atoms with van der Waals surface area (Å²) in [4.78, 5) is 7.67. The molecule has 0 aliphatic rings. The Hall–Kier alpha value is -3.61. The van der Waals surface area contributed by atoms with Crippen LogP contribution in [0.1, 0.15) is 30.2 Å². The molecule has 6 heteroatoms. The molecule has 0 atom stereocenters. The topological polar surface area (TPSA) is 80.5 Å². The molecule has 174 valence electrons. The minimum atomic E-state index is 0.294. The van der Waals surface area contributed by atoms with Crippen molar-refractivity contribution >= 4 is 21.9 Å². The van der Waals surface area contributed by atoms with E-state index in [-0.39, 0.29) is 0 Å². The number of H-pyrrole nitrogens is 1. The van der Waals surface area contributed by atoms with Crippen LogP contribution in [0.5, 0.6) is 5.75 Å². The molecular weight excluding hydrogens is 428 g/mol. The van der Waals surface area contributed by atoms with E-state index >= 15 is 0 Å². The first kappa shape index (κ1) is 22.2. The Morgan fingerprint density at radius 3 is 2.74 bits per heavy atom. The summed E-state index contributed by atoms with van der Waals surface area (Å²) in [6, 6.07) is 22.6. The third-order valence-corrected chi connectivity index (χ3v) is 6.08. The minimum Gasteiger partial charge on any atom is -0.493 e. The van der Waals surface area contributed by atoms with Crippen molar-refractivity contribution in [2.24, 2.45) is 0 Å². The Morgan fingerprint density at radius 1 is 0.941 bits per heavy atom. The fraction of sp³-hybridized carbons (Fsp3) is 0.250. The summed E-state index contributed by atoms with van der Waals surface area (Å²) in [5, 5.41) is 15.0. The van der Waals surface area contributed by atoms with Crippen LogP contribution in [-0.2, 0) is 24.2 Å². The summed E-state index contributed by atoms with van der Waals surface area (Å²) >= 11 is 0. The van der Waals surface area contributed by atoms with E-state index in [2.05, 4.69) is 58.4 Å². The Morgan fingerprint density at radius 2 is 1.85 bits per heavy atom. The van der Waals surface area contributed by atoms with Crippen molar-refractivity contribution in [2.45, 2.75) is 32.6 Å². The van der Waals surface area contributed by atoms with E-state index in [0.717, 1.165) is 69.4 Å². The van der Waals surface area contributed by atoms with Gasteiger partial charge in [-0.15, -0.1) is 0 Å². The lowest BCUT2D eigenvalue weighted by Gasteiger charge is -2.12. The molecule has 0 amide bonds. The molecule has 0 radical (unpaired) electrons. The average molecular weight is 457 g/mol. The zero-order valence-electron chi connectivity index (χ0n) is 19.2. The van der Waals surface area contributed by atoms with Gasteiger partial charge in [0.15, 0.2) is 5.58 Å². The summed E-state index contributed by atoms with van der Waals surface area (Å²) in [5.41, 5.74) is 7.24. The summed E-state index contributed by atoms with van der Waals surface area (Å²) in [6.45, 7) is 3.05. The largest absolute Gasteiger partial charge is 0.493 e. The molecule has 0 aliphatic heterocycles. The first-order chi connectivity index (χ1) is 16.7. The van der Waals surface area contributed by atoms with E-state index in [1.54, 1.807) is 0 Å². The molecule has 5 rings (SSSR count). The first-order valence-electron chi connectivity index (χ1n) is 11.7. The minimum absolute atomic E-state index is 0.294. The fourth-order valence-corrected chi connectivity index (χ4v) is 4.39. The predicted octanol–water partition coefficient (Wildman–Crippen LogP) is 6.58. The molecule has 5 aromatic rings. The fourth-order valence-electron chi connectivity index (χ4n) is 4.39. The van der Waals surface area contributed by atoms with Crippen LogP contribution in [0, 0.1) is 0 Å². The highest BCUT2D eigenvalue weighted by Gasteiger charge is 2.13. The maximum Gasteiger partial charge on any atom is 0.167 e. The second-order valence-electron chi connectivity index (χ2n) is 8.50. The number of ether oxygens (including phenoxy) is 1. The van der Waals surface area contributed by atoms with Gasteiger partial charge in [-0.3, -0.25) is 5.26 Å². The van der Waals surface area contributed by atoms with E-state index < -0.39 is 0 Å². The van der Waals surface area contributed by atoms with Crippen LogP contribution in [0.4, 0.5) is 0 Å². The number of para-hydroxylation sites is 1. The van der Waals surface area contributed by atoms with Gasteiger partial charge in [0.05, 0.1) is 13.2 Å². The monoisotopic (exact) mass is 456 g/mol. The van der Waals surface area contributed by atoms with Gasteiger partial charge in [0.25, 0.3) is 0 Å². The molecule has 0 spiro atoms. The molecule has 6 nitrogen and oxygen atoms in total. The molecule has 2 aromatic heterocycles. The van der Waals surface area contributed by atoms with Crippen molar-refractivity contribution in [2.75, 3.05) is 13.2 Å². The Balaban J connectivity index is 1.29. The second-order valence-corrected chi connectivity index (χ2v) is 8.50. The van der Waals surface area contributed by atoms with Crippen LogP contribution in [0.15, 0.2) is 71.3 Å². The number of hydrogen-bond acceptors (Lipinski definition) is 5. The van der Waals surface area contributed by atoms with Crippen LogP contribution in [0.3, 0.4) is 0 Å². The van der Waals surface area contributed by atoms with Crippen molar-refractivity contribution < 1.29 is 19.4 Å². The number of hydrogen-bond donors (Lipinski definition) is 2. The number of aryl methyl sites for hydroxylation is 1. The molecule has 0 saturated heterocycles. The quantitative estimate of drug-likeness (QED) is 0.183. The molecule has 0 bridgehead atoms. The lowest BCUT2D eigenvalue weighted by Crippen LogP contribution is -2.04. The lowest BCUT2D eigenvalue weighted by atomic mass is 10.0. The Bertz CT molecular complexity index is 1400. The highest BCUT2D eigenvalue weighted by atomic mass is 17.1. The number of aromatic nitrogens is 2. The van der Waals surface area contributed by atoms with Crippen molar-refractivity contribution in [3.8, 4) is 17.0 Å². The first-order valence-corrected chi connectivity index (χ1v) is 11.7. The van der Waals surface area contributed by atoms with Crippen molar-refractivity contribution in [1.29, 1.82) is 0 Å². The maximum atomic E-state index is 8.57. The van der Waals surface area contributed by atoms with E-state index in [1.165, 1.54) is 5.56 Å². The van der Waals surface area contributed by atoms with Crippen molar-refractivity contribution in [3.63, 3.8) is 0 Å². The van der Waals surface area contributed by atoms with Crippen LogP contribution in [0.2, 0.25) is 0 Å². The summed E-state index contributed by atoms with van der Waals surface area (Å²) < 4.78 is 11.7. The lowest BCUT2D eigenvalue weighted by molar-refractivity contribution is -0.241. The van der Waals surface area contributed by atoms with Gasteiger partial charge in [-0.05, 0) is 77.9 Å². The molecule has 2 N–H and O–H groups in total. The molecule has 0 fully saturated rings. The van der Waals surface area contributed by atoms with Gasteiger partial charge in [0, 0.05) is 28.6 Å². The number of fused-ring (bicyclic) bond motifs is 2. The summed E-state index contributed by atoms with van der Waals surface area (Å²) in [7, 11) is 0. The van der Waals surface area contributed by atoms with Gasteiger partial charge in [0.2, 0.25) is 0 Å². The smallest absolute Gasteiger partial charge is 0.167 e. The van der Waals surface area contributed by atoms with Gasteiger partial charge in [-0.1, -0.05) is 36.7 Å². The van der Waals surface area contributed by atoms with Crippen LogP contribution in [-0.4, -0.2) is 28.6 Å². The molecule has 2 heterocycles. The second kappa shape index (κ2) is 10.1. The van der Waals surface area contributed by atoms with Crippen molar-refractivity contribution in [3.05, 3.63) is 83.6 Å². The normalized spacial score (nSPS) is 11.5. The van der Waals surface area contributed by atoms with Crippen LogP contribution >= 0.6 is 0 Å². The summed E-state index contributed by atoms with van der Waals surface area (Å²) in [5.74, 6) is 0.917. The highest BCUT2D eigenvalue weighted by molar-refractivity contribution is 5.91. The van der Waals surface area contributed by atoms with E-state index in [9.17, 15) is 0 Å². The molecule has 0 aliphatic carbocycles. The molecule has 34 heavy (non-hydrogen) atoms. The van der Waals surface area contributed by atoms with Gasteiger partial charge in [0.1, 0.15) is 11.4 Å². The molecule has 3 aromatic carbocycles. The van der Waals surface area contributed by atoms with Crippen LogP contribution < -0.4 is 4.74 Å². The van der Waals surface area contributed by atoms with Gasteiger partial charge < -0.3 is 14.2 Å². The number of benzene rings is 3. The standard InChI is InChI=1S/C28H28N2O4/c1-2-5-20-17-21(28-24-6-3-4-7-27(24)34-30-28)9-11-26(20)32-14-13-23-18-22-16-19(12-15-33-31)8-10-25(22)29-23/h3-4,6-11,16-18,29,31H,2,5,12-15H2,1H3.